The van der Waals surface area contributed by atoms with Crippen molar-refractivity contribution in [1.82, 2.24) is 8.61 Å². The van der Waals surface area contributed by atoms with E-state index >= 15 is 0 Å². The molecule has 1 aromatic carbocycles. The molecule has 0 aliphatic carbocycles. The lowest BCUT2D eigenvalue weighted by Crippen LogP contribution is -2.31. The van der Waals surface area contributed by atoms with Crippen LogP contribution < -0.4 is 0 Å². The fourth-order valence-electron chi connectivity index (χ4n) is 1.42. The quantitative estimate of drug-likeness (QED) is 0.790. The van der Waals surface area contributed by atoms with E-state index in [2.05, 4.69) is 15.9 Å². The van der Waals surface area contributed by atoms with Crippen LogP contribution in [-0.4, -0.2) is 37.2 Å². The predicted octanol–water partition coefficient (Wildman–Crippen LogP) is 1.44. The van der Waals surface area contributed by atoms with E-state index in [1.165, 1.54) is 8.61 Å². The average Bonchev–Trinajstić information content (AvgIpc) is 3.04. The molecule has 0 atom stereocenters. The summed E-state index contributed by atoms with van der Waals surface area (Å²) in [4.78, 5) is 0. The normalized spacial score (nSPS) is 16.7. The van der Waals surface area contributed by atoms with Gasteiger partial charge in [0.05, 0.1) is 0 Å². The molecule has 1 heterocycles. The van der Waals surface area contributed by atoms with Gasteiger partial charge < -0.3 is 0 Å². The first-order valence-corrected chi connectivity index (χ1v) is 7.15. The summed E-state index contributed by atoms with van der Waals surface area (Å²) in [6.07, 6.45) is 0. The van der Waals surface area contributed by atoms with Gasteiger partial charge in [-0.05, 0) is 11.6 Å². The summed E-state index contributed by atoms with van der Waals surface area (Å²) in [6, 6.07) is 7.63. The lowest BCUT2D eigenvalue weighted by atomic mass is 10.2. The fraction of sp³-hybridized carbons (Fsp3) is 0.400. The minimum Gasteiger partial charge on any atom is -0.195 e. The zero-order chi connectivity index (χ0) is 11.8. The minimum atomic E-state index is -3.23. The van der Waals surface area contributed by atoms with Crippen LogP contribution in [0.1, 0.15) is 5.56 Å². The molecule has 0 unspecified atom stereocenters. The van der Waals surface area contributed by atoms with Gasteiger partial charge in [-0.1, -0.05) is 34.1 Å². The summed E-state index contributed by atoms with van der Waals surface area (Å²) < 4.78 is 27.4. The van der Waals surface area contributed by atoms with Crippen molar-refractivity contribution < 1.29 is 8.42 Å². The fourth-order valence-corrected chi connectivity index (χ4v) is 3.07. The Labute approximate surface area is 104 Å². The Morgan fingerprint density at radius 3 is 2.56 bits per heavy atom. The van der Waals surface area contributed by atoms with Crippen molar-refractivity contribution in [2.75, 3.05) is 20.1 Å². The number of nitrogens with zero attached hydrogens (tertiary/aromatic N) is 2. The van der Waals surface area contributed by atoms with Gasteiger partial charge in [-0.15, -0.1) is 0 Å². The third kappa shape index (κ3) is 2.45. The maximum atomic E-state index is 11.8. The largest absolute Gasteiger partial charge is 0.282 e. The van der Waals surface area contributed by atoms with Crippen LogP contribution in [-0.2, 0) is 16.8 Å². The molecule has 1 saturated heterocycles. The van der Waals surface area contributed by atoms with Gasteiger partial charge in [0.1, 0.15) is 0 Å². The van der Waals surface area contributed by atoms with Crippen LogP contribution >= 0.6 is 15.9 Å². The number of hydrogen-bond acceptors (Lipinski definition) is 2. The Morgan fingerprint density at radius 2 is 2.00 bits per heavy atom. The molecule has 1 aliphatic rings. The van der Waals surface area contributed by atoms with E-state index in [9.17, 15) is 8.42 Å². The van der Waals surface area contributed by atoms with Crippen LogP contribution in [0.25, 0.3) is 0 Å². The summed E-state index contributed by atoms with van der Waals surface area (Å²) in [5, 5.41) is 0. The second-order valence-electron chi connectivity index (χ2n) is 3.75. The van der Waals surface area contributed by atoms with Crippen molar-refractivity contribution >= 4 is 26.1 Å². The highest BCUT2D eigenvalue weighted by Gasteiger charge is 2.35. The van der Waals surface area contributed by atoms with Crippen LogP contribution in [0.5, 0.6) is 0 Å². The number of rotatable bonds is 4. The van der Waals surface area contributed by atoms with E-state index < -0.39 is 10.2 Å². The van der Waals surface area contributed by atoms with Gasteiger partial charge in [-0.3, -0.25) is 0 Å². The molecule has 0 spiro atoms. The van der Waals surface area contributed by atoms with E-state index in [0.29, 0.717) is 19.6 Å². The predicted molar refractivity (Wildman–Crippen MR) is 66.1 cm³/mol. The summed E-state index contributed by atoms with van der Waals surface area (Å²) in [7, 11) is -1.63. The van der Waals surface area contributed by atoms with Crippen LogP contribution in [0.4, 0.5) is 0 Å². The van der Waals surface area contributed by atoms with Crippen molar-refractivity contribution in [3.05, 3.63) is 34.3 Å². The van der Waals surface area contributed by atoms with E-state index in [1.54, 1.807) is 7.05 Å². The number of benzene rings is 1. The SMILES string of the molecule is CN(Cc1ccccc1Br)S(=O)(=O)N1CC1. The monoisotopic (exact) mass is 304 g/mol. The Hall–Kier alpha value is -0.430. The lowest BCUT2D eigenvalue weighted by Gasteiger charge is -2.17. The Balaban J connectivity index is 2.13. The Bertz CT molecular complexity index is 485. The van der Waals surface area contributed by atoms with Gasteiger partial charge in [0, 0.05) is 31.2 Å². The maximum Gasteiger partial charge on any atom is 0.282 e. The van der Waals surface area contributed by atoms with Crippen molar-refractivity contribution in [3.8, 4) is 0 Å². The molecule has 88 valence electrons. The van der Waals surface area contributed by atoms with Crippen molar-refractivity contribution in [1.29, 1.82) is 0 Å². The molecule has 0 aromatic heterocycles. The van der Waals surface area contributed by atoms with E-state index in [-0.39, 0.29) is 0 Å². The van der Waals surface area contributed by atoms with Gasteiger partial charge in [0.15, 0.2) is 0 Å². The molecule has 0 N–H and O–H groups in total. The van der Waals surface area contributed by atoms with Crippen molar-refractivity contribution in [2.24, 2.45) is 0 Å². The Morgan fingerprint density at radius 1 is 1.38 bits per heavy atom. The van der Waals surface area contributed by atoms with Crippen LogP contribution in [0.3, 0.4) is 0 Å². The molecule has 0 bridgehead atoms. The summed E-state index contributed by atoms with van der Waals surface area (Å²) in [6.45, 7) is 1.67. The lowest BCUT2D eigenvalue weighted by molar-refractivity contribution is 0.439. The molecule has 0 amide bonds. The topological polar surface area (TPSA) is 40.4 Å². The second-order valence-corrected chi connectivity index (χ2v) is 6.64. The van der Waals surface area contributed by atoms with Crippen molar-refractivity contribution in [3.63, 3.8) is 0 Å². The maximum absolute atomic E-state index is 11.8. The average molecular weight is 305 g/mol. The third-order valence-electron chi connectivity index (χ3n) is 2.48. The number of halogens is 1. The van der Waals surface area contributed by atoms with E-state index in [1.807, 2.05) is 24.3 Å². The summed E-state index contributed by atoms with van der Waals surface area (Å²) >= 11 is 3.41. The van der Waals surface area contributed by atoms with Crippen LogP contribution in [0.15, 0.2) is 28.7 Å². The van der Waals surface area contributed by atoms with E-state index in [0.717, 1.165) is 10.0 Å². The molecule has 1 aliphatic heterocycles. The molecular formula is C10H13BrN2O2S. The van der Waals surface area contributed by atoms with Crippen LogP contribution in [0.2, 0.25) is 0 Å². The molecular weight excluding hydrogens is 292 g/mol. The van der Waals surface area contributed by atoms with Gasteiger partial charge in [0.2, 0.25) is 0 Å². The summed E-state index contributed by atoms with van der Waals surface area (Å²) in [5.74, 6) is 0. The number of hydrogen-bond donors (Lipinski definition) is 0. The van der Waals surface area contributed by atoms with Crippen LogP contribution in [0, 0.1) is 0 Å². The van der Waals surface area contributed by atoms with Gasteiger partial charge in [-0.2, -0.15) is 17.0 Å². The molecule has 6 heteroatoms. The molecule has 2 rings (SSSR count). The van der Waals surface area contributed by atoms with Gasteiger partial charge in [0.25, 0.3) is 10.2 Å². The first-order chi connectivity index (χ1) is 7.51. The standard InChI is InChI=1S/C10H13BrN2O2S/c1-12(16(14,15)13-6-7-13)8-9-4-2-3-5-10(9)11/h2-5H,6-8H2,1H3. The molecule has 4 nitrogen and oxygen atoms in total. The highest BCUT2D eigenvalue weighted by Crippen LogP contribution is 2.21. The zero-order valence-corrected chi connectivity index (χ0v) is 11.3. The molecule has 1 aromatic rings. The zero-order valence-electron chi connectivity index (χ0n) is 8.93. The molecule has 0 saturated carbocycles. The second kappa shape index (κ2) is 4.44. The Kier molecular flexibility index (Phi) is 3.34. The van der Waals surface area contributed by atoms with Gasteiger partial charge >= 0.3 is 0 Å². The van der Waals surface area contributed by atoms with Gasteiger partial charge in [-0.25, -0.2) is 0 Å². The molecule has 0 radical (unpaired) electrons. The first kappa shape index (κ1) is 12.0. The molecule has 16 heavy (non-hydrogen) atoms. The van der Waals surface area contributed by atoms with Crippen molar-refractivity contribution in [2.45, 2.75) is 6.54 Å². The third-order valence-corrected chi connectivity index (χ3v) is 5.19. The molecule has 1 fully saturated rings. The summed E-state index contributed by atoms with van der Waals surface area (Å²) in [5.41, 5.74) is 0.968. The minimum absolute atomic E-state index is 0.389. The smallest absolute Gasteiger partial charge is 0.195 e. The van der Waals surface area contributed by atoms with E-state index in [4.69, 9.17) is 0 Å². The highest BCUT2D eigenvalue weighted by atomic mass is 79.9. The highest BCUT2D eigenvalue weighted by molar-refractivity contribution is 9.10. The first-order valence-electron chi connectivity index (χ1n) is 4.96.